The number of carbonyl (C=O) groups is 3. The monoisotopic (exact) mass is 612 g/mol. The second-order valence-electron chi connectivity index (χ2n) is 10.2. The number of carbonyl (C=O) groups excluding carboxylic acids is 1. The van der Waals surface area contributed by atoms with E-state index in [1.165, 1.54) is 17.8 Å². The number of piperidine rings is 1. The van der Waals surface area contributed by atoms with E-state index in [0.717, 1.165) is 47.7 Å². The van der Waals surface area contributed by atoms with E-state index in [4.69, 9.17) is 14.9 Å². The molecule has 1 fully saturated rings. The summed E-state index contributed by atoms with van der Waals surface area (Å²) in [5.41, 5.74) is 1.95. The number of benzene rings is 1. The Kier molecular flexibility index (Phi) is 9.33. The minimum absolute atomic E-state index is 0.0164. The van der Waals surface area contributed by atoms with E-state index in [9.17, 15) is 23.6 Å². The Morgan fingerprint density at radius 1 is 1.12 bits per heavy atom. The first-order chi connectivity index (χ1) is 20.7. The molecule has 43 heavy (non-hydrogen) atoms. The van der Waals surface area contributed by atoms with Crippen LogP contribution in [0.1, 0.15) is 24.6 Å². The minimum Gasteiger partial charge on any atom is -0.486 e. The number of hydrogen-bond donors (Lipinski definition) is 4. The van der Waals surface area contributed by atoms with E-state index >= 15 is 0 Å². The van der Waals surface area contributed by atoms with Crippen molar-refractivity contribution in [3.8, 4) is 5.75 Å². The molecule has 6 rings (SSSR count). The molecule has 0 spiro atoms. The van der Waals surface area contributed by atoms with Crippen molar-refractivity contribution in [1.29, 1.82) is 0 Å². The number of aliphatic carboxylic acids is 2. The third-order valence-corrected chi connectivity index (χ3v) is 8.19. The Balaban J connectivity index is 0.000000407. The number of hydrogen-bond acceptors (Lipinski definition) is 10. The number of aromatic nitrogens is 3. The summed E-state index contributed by atoms with van der Waals surface area (Å²) in [4.78, 5) is 45.8. The van der Waals surface area contributed by atoms with Crippen molar-refractivity contribution >= 4 is 46.2 Å². The topological polar surface area (TPSA) is 176 Å². The third kappa shape index (κ3) is 7.36. The molecule has 0 bridgehead atoms. The van der Waals surface area contributed by atoms with Crippen molar-refractivity contribution in [3.63, 3.8) is 0 Å². The maximum Gasteiger partial charge on any atom is 0.328 e. The quantitative estimate of drug-likeness (QED) is 0.286. The van der Waals surface area contributed by atoms with Gasteiger partial charge < -0.3 is 30.5 Å². The minimum atomic E-state index is -1.26. The van der Waals surface area contributed by atoms with Crippen molar-refractivity contribution < 1.29 is 33.7 Å². The molecule has 2 aromatic heterocycles. The van der Waals surface area contributed by atoms with E-state index in [0.29, 0.717) is 42.6 Å². The molecule has 1 aromatic carbocycles. The zero-order valence-electron chi connectivity index (χ0n) is 22.9. The number of carboxylic acid groups (broad SMARTS) is 2. The number of nitrogens with one attached hydrogen (secondary N) is 2. The highest BCUT2D eigenvalue weighted by atomic mass is 32.2. The van der Waals surface area contributed by atoms with Crippen LogP contribution in [-0.4, -0.2) is 85.8 Å². The van der Waals surface area contributed by atoms with Crippen LogP contribution >= 0.6 is 11.8 Å². The number of anilines is 1. The average Bonchev–Trinajstić information content (AvgIpc) is 2.99. The maximum absolute atomic E-state index is 14.3. The lowest BCUT2D eigenvalue weighted by atomic mass is 10.0. The Morgan fingerprint density at radius 2 is 1.84 bits per heavy atom. The van der Waals surface area contributed by atoms with Crippen LogP contribution in [0.5, 0.6) is 5.75 Å². The number of halogens is 1. The van der Waals surface area contributed by atoms with Gasteiger partial charge in [-0.2, -0.15) is 5.10 Å². The van der Waals surface area contributed by atoms with Crippen LogP contribution in [0.3, 0.4) is 0 Å². The number of likely N-dealkylation sites (tertiary alicyclic amines) is 1. The molecule has 1 amide bonds. The molecule has 0 radical (unpaired) electrons. The Morgan fingerprint density at radius 3 is 2.56 bits per heavy atom. The smallest absolute Gasteiger partial charge is 0.328 e. The van der Waals surface area contributed by atoms with Crippen LogP contribution in [0.25, 0.3) is 10.9 Å². The first-order valence-corrected chi connectivity index (χ1v) is 14.5. The molecule has 3 aromatic rings. The van der Waals surface area contributed by atoms with Crippen LogP contribution in [-0.2, 0) is 20.9 Å². The molecule has 4 N–H and O–H groups in total. The fraction of sp³-hybridized carbons (Fsp3) is 0.357. The second kappa shape index (κ2) is 13.3. The summed E-state index contributed by atoms with van der Waals surface area (Å²) in [6.45, 7) is 3.31. The number of ether oxygens (including phenoxy) is 1. The Labute approximate surface area is 248 Å². The highest BCUT2D eigenvalue weighted by Gasteiger charge is 2.29. The number of amides is 1. The van der Waals surface area contributed by atoms with Gasteiger partial charge in [-0.25, -0.2) is 14.0 Å². The lowest BCUT2D eigenvalue weighted by Crippen LogP contribution is -2.46. The SMILES string of the molecule is O=C(O)C=CC(=O)O.O=C1CSc2nnc(CNC3CCN(C[C@@H]4COc5c(F)ccc6ccc(=O)n4c56)CC3)cc2N1. The summed E-state index contributed by atoms with van der Waals surface area (Å²) in [5.74, 6) is -2.43. The fourth-order valence-electron chi connectivity index (χ4n) is 5.22. The second-order valence-corrected chi connectivity index (χ2v) is 11.1. The van der Waals surface area contributed by atoms with Crippen LogP contribution in [0.2, 0.25) is 0 Å². The highest BCUT2D eigenvalue weighted by Crippen LogP contribution is 2.34. The van der Waals surface area contributed by atoms with E-state index in [1.54, 1.807) is 22.8 Å². The van der Waals surface area contributed by atoms with Gasteiger partial charge in [0.05, 0.1) is 28.7 Å². The normalized spacial score (nSPS) is 18.3. The van der Waals surface area contributed by atoms with Gasteiger partial charge in [-0.15, -0.1) is 5.10 Å². The summed E-state index contributed by atoms with van der Waals surface area (Å²) in [5, 5.41) is 32.1. The van der Waals surface area contributed by atoms with Gasteiger partial charge >= 0.3 is 11.9 Å². The van der Waals surface area contributed by atoms with Crippen molar-refractivity contribution in [2.45, 2.75) is 36.5 Å². The number of fused-ring (bicyclic) bond motifs is 1. The van der Waals surface area contributed by atoms with E-state index in [2.05, 4.69) is 25.7 Å². The van der Waals surface area contributed by atoms with Crippen LogP contribution < -0.4 is 20.9 Å². The van der Waals surface area contributed by atoms with Crippen molar-refractivity contribution in [1.82, 2.24) is 25.0 Å². The number of pyridine rings is 1. The molecule has 13 nitrogen and oxygen atoms in total. The zero-order valence-corrected chi connectivity index (χ0v) is 23.7. The largest absolute Gasteiger partial charge is 0.486 e. The highest BCUT2D eigenvalue weighted by molar-refractivity contribution is 8.00. The van der Waals surface area contributed by atoms with Gasteiger partial charge in [0.1, 0.15) is 11.6 Å². The van der Waals surface area contributed by atoms with Gasteiger partial charge in [-0.3, -0.25) is 14.2 Å². The molecule has 3 aliphatic rings. The van der Waals surface area contributed by atoms with Gasteiger partial charge in [0.15, 0.2) is 11.6 Å². The van der Waals surface area contributed by atoms with Gasteiger partial charge in [-0.1, -0.05) is 11.8 Å². The number of rotatable bonds is 7. The third-order valence-electron chi connectivity index (χ3n) is 7.21. The predicted molar refractivity (Wildman–Crippen MR) is 155 cm³/mol. The standard InChI is InChI=1S/C24H25FN6O3S.C4H4O4/c25-18-3-1-14-2-4-21(33)31-17(12-34-23(18)22(14)31)11-30-7-5-15(6-8-30)26-10-16-9-19-24(29-28-16)35-13-20(32)27-19;5-3(6)1-2-4(7)8/h1-4,9,15,17,26H,5-8,10-13H2,(H,27,32);1-2H,(H,5,6)(H,7,8)/t17-;/m1./s1. The first kappa shape index (κ1) is 30.1. The molecular weight excluding hydrogens is 583 g/mol. The lowest BCUT2D eigenvalue weighted by Gasteiger charge is -2.36. The maximum atomic E-state index is 14.3. The van der Waals surface area contributed by atoms with E-state index in [1.807, 2.05) is 6.07 Å². The van der Waals surface area contributed by atoms with Gasteiger partial charge in [0.25, 0.3) is 5.56 Å². The molecule has 5 heterocycles. The molecule has 0 aliphatic carbocycles. The molecule has 1 saturated heterocycles. The lowest BCUT2D eigenvalue weighted by molar-refractivity contribution is -0.134. The predicted octanol–water partition coefficient (Wildman–Crippen LogP) is 1.87. The Bertz CT molecular complexity index is 1620. The van der Waals surface area contributed by atoms with Crippen molar-refractivity contribution in [3.05, 3.63) is 64.3 Å². The van der Waals surface area contributed by atoms with Gasteiger partial charge in [-0.05, 0) is 50.2 Å². The Hall–Kier alpha value is -4.34. The molecule has 0 saturated carbocycles. The van der Waals surface area contributed by atoms with E-state index in [-0.39, 0.29) is 29.9 Å². The average molecular weight is 613 g/mol. The number of carboxylic acids is 2. The summed E-state index contributed by atoms with van der Waals surface area (Å²) in [7, 11) is 0. The molecule has 15 heteroatoms. The van der Waals surface area contributed by atoms with E-state index < -0.39 is 17.8 Å². The molecule has 0 unspecified atom stereocenters. The molecule has 226 valence electrons. The first-order valence-electron chi connectivity index (χ1n) is 13.5. The summed E-state index contributed by atoms with van der Waals surface area (Å²) < 4.78 is 21.8. The van der Waals surface area contributed by atoms with Gasteiger partial charge in [0.2, 0.25) is 5.91 Å². The zero-order chi connectivity index (χ0) is 30.5. The summed E-state index contributed by atoms with van der Waals surface area (Å²) in [6.07, 6.45) is 3.04. The van der Waals surface area contributed by atoms with Crippen LogP contribution in [0.4, 0.5) is 10.1 Å². The molecule has 1 atom stereocenters. The fourth-order valence-corrected chi connectivity index (χ4v) is 5.92. The molecular formula is C28H29FN6O7S. The summed E-state index contributed by atoms with van der Waals surface area (Å²) in [6, 6.07) is 8.41. The van der Waals surface area contributed by atoms with Crippen LogP contribution in [0, 0.1) is 5.82 Å². The van der Waals surface area contributed by atoms with Crippen LogP contribution in [0.15, 0.2) is 52.3 Å². The molecule has 3 aliphatic heterocycles. The van der Waals surface area contributed by atoms with Crippen molar-refractivity contribution in [2.75, 3.05) is 37.3 Å². The van der Waals surface area contributed by atoms with Crippen molar-refractivity contribution in [2.24, 2.45) is 0 Å². The number of thioether (sulfide) groups is 1. The van der Waals surface area contributed by atoms with Gasteiger partial charge in [0, 0.05) is 42.7 Å². The summed E-state index contributed by atoms with van der Waals surface area (Å²) >= 11 is 1.40. The number of nitrogens with zero attached hydrogens (tertiary/aromatic N) is 4.